The quantitative estimate of drug-likeness (QED) is 0.808. The summed E-state index contributed by atoms with van der Waals surface area (Å²) in [5, 5.41) is 11.5. The van der Waals surface area contributed by atoms with Gasteiger partial charge in [0.05, 0.1) is 12.7 Å². The van der Waals surface area contributed by atoms with E-state index in [0.717, 1.165) is 0 Å². The highest BCUT2D eigenvalue weighted by Crippen LogP contribution is 2.26. The highest BCUT2D eigenvalue weighted by molar-refractivity contribution is 5.79. The Kier molecular flexibility index (Phi) is 7.08. The molecule has 0 unspecified atom stereocenters. The van der Waals surface area contributed by atoms with Gasteiger partial charge in [0, 0.05) is 19.1 Å². The lowest BCUT2D eigenvalue weighted by atomic mass is 10.0. The van der Waals surface area contributed by atoms with Crippen LogP contribution in [0, 0.1) is 11.3 Å². The molecule has 134 valence electrons. The maximum absolute atomic E-state index is 12.1. The van der Waals surface area contributed by atoms with Gasteiger partial charge in [0.1, 0.15) is 6.42 Å². The van der Waals surface area contributed by atoms with E-state index >= 15 is 0 Å². The minimum Gasteiger partial charge on any atom is -0.490 e. The molecule has 1 aromatic rings. The number of ether oxygens (including phenoxy) is 2. The van der Waals surface area contributed by atoms with Crippen LogP contribution < -0.4 is 14.8 Å². The second-order valence-corrected chi connectivity index (χ2v) is 5.73. The molecule has 0 aromatic heterocycles. The molecule has 1 aliphatic rings. The predicted octanol–water partition coefficient (Wildman–Crippen LogP) is 1.48. The smallest absolute Gasteiger partial charge is 0.258 e. The van der Waals surface area contributed by atoms with E-state index in [1.807, 2.05) is 25.1 Å². The lowest BCUT2D eigenvalue weighted by Crippen LogP contribution is -2.47. The minimum atomic E-state index is -0.201. The summed E-state index contributed by atoms with van der Waals surface area (Å²) in [6.45, 7) is 3.43. The number of likely N-dealkylation sites (tertiary alicyclic amines) is 1. The Morgan fingerprint density at radius 2 is 1.88 bits per heavy atom. The molecule has 0 saturated carbocycles. The van der Waals surface area contributed by atoms with Crippen LogP contribution in [0.15, 0.2) is 24.3 Å². The van der Waals surface area contributed by atoms with Crippen molar-refractivity contribution in [2.45, 2.75) is 32.2 Å². The number of benzene rings is 1. The average Bonchev–Trinajstić information content (AvgIpc) is 2.62. The molecular formula is C18H23N3O4. The molecule has 1 heterocycles. The third-order valence-corrected chi connectivity index (χ3v) is 3.95. The molecule has 1 aliphatic heterocycles. The summed E-state index contributed by atoms with van der Waals surface area (Å²) in [5.41, 5.74) is 0. The number of nitriles is 1. The molecule has 0 spiro atoms. The normalized spacial score (nSPS) is 14.5. The van der Waals surface area contributed by atoms with Gasteiger partial charge < -0.3 is 19.7 Å². The van der Waals surface area contributed by atoms with Crippen molar-refractivity contribution in [2.75, 3.05) is 26.3 Å². The Morgan fingerprint density at radius 3 is 2.48 bits per heavy atom. The third-order valence-electron chi connectivity index (χ3n) is 3.95. The summed E-state index contributed by atoms with van der Waals surface area (Å²) < 4.78 is 11.0. The van der Waals surface area contributed by atoms with Crippen molar-refractivity contribution in [1.82, 2.24) is 10.2 Å². The second kappa shape index (κ2) is 9.52. The number of carbonyl (C=O) groups is 2. The molecule has 7 nitrogen and oxygen atoms in total. The van der Waals surface area contributed by atoms with E-state index in [4.69, 9.17) is 14.7 Å². The van der Waals surface area contributed by atoms with Crippen LogP contribution in [0.2, 0.25) is 0 Å². The molecule has 1 fully saturated rings. The zero-order valence-electron chi connectivity index (χ0n) is 14.4. The molecule has 0 aliphatic carbocycles. The molecule has 2 amide bonds. The lowest BCUT2D eigenvalue weighted by Gasteiger charge is -2.32. The number of piperidine rings is 1. The van der Waals surface area contributed by atoms with Crippen LogP contribution in [0.25, 0.3) is 0 Å². The Bertz CT molecular complexity index is 633. The highest BCUT2D eigenvalue weighted by atomic mass is 16.5. The summed E-state index contributed by atoms with van der Waals surface area (Å²) in [6.07, 6.45) is 1.26. The van der Waals surface area contributed by atoms with Crippen LogP contribution >= 0.6 is 0 Å². The van der Waals surface area contributed by atoms with Gasteiger partial charge in [-0.2, -0.15) is 5.26 Å². The second-order valence-electron chi connectivity index (χ2n) is 5.73. The van der Waals surface area contributed by atoms with Gasteiger partial charge in [0.15, 0.2) is 18.1 Å². The van der Waals surface area contributed by atoms with Crippen LogP contribution in [-0.4, -0.2) is 49.1 Å². The SMILES string of the molecule is CCOc1ccccc1OCC(=O)NC1CCN(C(=O)CC#N)CC1. The number of carbonyl (C=O) groups excluding carboxylic acids is 2. The number of amides is 2. The Balaban J connectivity index is 1.75. The molecule has 2 rings (SSSR count). The number of nitrogens with zero attached hydrogens (tertiary/aromatic N) is 2. The van der Waals surface area contributed by atoms with E-state index < -0.39 is 0 Å². The molecule has 0 bridgehead atoms. The van der Waals surface area contributed by atoms with Crippen molar-refractivity contribution in [1.29, 1.82) is 5.26 Å². The zero-order chi connectivity index (χ0) is 18.1. The van der Waals surface area contributed by atoms with Crippen LogP contribution in [-0.2, 0) is 9.59 Å². The first-order valence-corrected chi connectivity index (χ1v) is 8.42. The van der Waals surface area contributed by atoms with Gasteiger partial charge in [0.25, 0.3) is 5.91 Å². The van der Waals surface area contributed by atoms with E-state index in [2.05, 4.69) is 5.32 Å². The van der Waals surface area contributed by atoms with E-state index in [1.165, 1.54) is 0 Å². The van der Waals surface area contributed by atoms with E-state index in [9.17, 15) is 9.59 Å². The first-order chi connectivity index (χ1) is 12.1. The number of nitrogens with one attached hydrogen (secondary N) is 1. The number of para-hydroxylation sites is 2. The maximum Gasteiger partial charge on any atom is 0.258 e. The van der Waals surface area contributed by atoms with Gasteiger partial charge >= 0.3 is 0 Å². The maximum atomic E-state index is 12.1. The molecule has 7 heteroatoms. The third kappa shape index (κ3) is 5.68. The van der Waals surface area contributed by atoms with Crippen LogP contribution in [0.3, 0.4) is 0 Å². The van der Waals surface area contributed by atoms with E-state index in [-0.39, 0.29) is 30.9 Å². The first-order valence-electron chi connectivity index (χ1n) is 8.42. The van der Waals surface area contributed by atoms with E-state index in [0.29, 0.717) is 44.0 Å². The Hall–Kier alpha value is -2.75. The summed E-state index contributed by atoms with van der Waals surface area (Å²) in [7, 11) is 0. The fourth-order valence-electron chi connectivity index (χ4n) is 2.71. The highest BCUT2D eigenvalue weighted by Gasteiger charge is 2.23. The molecule has 1 saturated heterocycles. The first kappa shape index (κ1) is 18.6. The fraction of sp³-hybridized carbons (Fsp3) is 0.500. The van der Waals surface area contributed by atoms with Gasteiger partial charge in [-0.05, 0) is 31.9 Å². The van der Waals surface area contributed by atoms with Crippen LogP contribution in [0.1, 0.15) is 26.2 Å². The molecule has 0 radical (unpaired) electrons. The molecule has 1 aromatic carbocycles. The minimum absolute atomic E-state index is 0.0179. The van der Waals surface area contributed by atoms with Gasteiger partial charge in [-0.15, -0.1) is 0 Å². The summed E-state index contributed by atoms with van der Waals surface area (Å²) in [5.74, 6) is 0.801. The van der Waals surface area contributed by atoms with Crippen molar-refractivity contribution in [2.24, 2.45) is 0 Å². The zero-order valence-corrected chi connectivity index (χ0v) is 14.4. The number of hydrogen-bond donors (Lipinski definition) is 1. The van der Waals surface area contributed by atoms with Crippen molar-refractivity contribution in [3.63, 3.8) is 0 Å². The van der Waals surface area contributed by atoms with Crippen molar-refractivity contribution in [3.05, 3.63) is 24.3 Å². The van der Waals surface area contributed by atoms with Gasteiger partial charge in [-0.3, -0.25) is 9.59 Å². The van der Waals surface area contributed by atoms with Gasteiger partial charge in [0.2, 0.25) is 5.91 Å². The summed E-state index contributed by atoms with van der Waals surface area (Å²) in [4.78, 5) is 25.4. The molecule has 25 heavy (non-hydrogen) atoms. The Labute approximate surface area is 147 Å². The molecule has 0 atom stereocenters. The monoisotopic (exact) mass is 345 g/mol. The largest absolute Gasteiger partial charge is 0.490 e. The topological polar surface area (TPSA) is 91.7 Å². The Morgan fingerprint density at radius 1 is 1.24 bits per heavy atom. The van der Waals surface area contributed by atoms with Gasteiger partial charge in [-0.25, -0.2) is 0 Å². The molecular weight excluding hydrogens is 322 g/mol. The average molecular weight is 345 g/mol. The standard InChI is InChI=1S/C18H23N3O4/c1-2-24-15-5-3-4-6-16(15)25-13-17(22)20-14-8-11-21(12-9-14)18(23)7-10-19/h3-6,14H,2,7-9,11-13H2,1H3,(H,20,22). The van der Waals surface area contributed by atoms with Crippen LogP contribution in [0.5, 0.6) is 11.5 Å². The van der Waals surface area contributed by atoms with Crippen molar-refractivity contribution < 1.29 is 19.1 Å². The summed E-state index contributed by atoms with van der Waals surface area (Å²) in [6, 6.07) is 9.11. The lowest BCUT2D eigenvalue weighted by molar-refractivity contribution is -0.131. The van der Waals surface area contributed by atoms with E-state index in [1.54, 1.807) is 17.0 Å². The van der Waals surface area contributed by atoms with Crippen molar-refractivity contribution in [3.8, 4) is 17.6 Å². The summed E-state index contributed by atoms with van der Waals surface area (Å²) >= 11 is 0. The van der Waals surface area contributed by atoms with Crippen molar-refractivity contribution >= 4 is 11.8 Å². The van der Waals surface area contributed by atoms with Crippen LogP contribution in [0.4, 0.5) is 0 Å². The molecule has 1 N–H and O–H groups in total. The number of rotatable bonds is 7. The van der Waals surface area contributed by atoms with Gasteiger partial charge in [-0.1, -0.05) is 12.1 Å². The predicted molar refractivity (Wildman–Crippen MR) is 91.1 cm³/mol. The fourth-order valence-corrected chi connectivity index (χ4v) is 2.71. The number of hydrogen-bond acceptors (Lipinski definition) is 5.